The van der Waals surface area contributed by atoms with Crippen LogP contribution in [-0.4, -0.2) is 22.5 Å². The highest BCUT2D eigenvalue weighted by molar-refractivity contribution is 5.98. The molecule has 0 radical (unpaired) electrons. The smallest absolute Gasteiger partial charge is 0.265 e. The van der Waals surface area contributed by atoms with Gasteiger partial charge in [-0.25, -0.2) is 4.98 Å². The van der Waals surface area contributed by atoms with Gasteiger partial charge in [0.05, 0.1) is 12.2 Å². The molecule has 7 nitrogen and oxygen atoms in total. The lowest BCUT2D eigenvalue weighted by Gasteiger charge is -2.30. The number of para-hydroxylation sites is 1. The fraction of sp³-hybridized carbons (Fsp3) is 0.0645. The van der Waals surface area contributed by atoms with Crippen molar-refractivity contribution in [1.29, 1.82) is 0 Å². The van der Waals surface area contributed by atoms with Crippen molar-refractivity contribution in [2.75, 3.05) is 11.5 Å². The fourth-order valence-electron chi connectivity index (χ4n) is 4.40. The number of anilines is 1. The number of nitrogens with zero attached hydrogens (tertiary/aromatic N) is 3. The number of hydrogen-bond acceptors (Lipinski definition) is 5. The van der Waals surface area contributed by atoms with Crippen molar-refractivity contribution >= 4 is 23.1 Å². The number of quaternary nitrogens is 1. The third-order valence-electron chi connectivity index (χ3n) is 6.26. The molecule has 5 aromatic rings. The van der Waals surface area contributed by atoms with Gasteiger partial charge in [0.15, 0.2) is 6.61 Å². The Morgan fingerprint density at radius 3 is 2.50 bits per heavy atom. The number of ether oxygens (including phenoxy) is 2. The number of carbonyl (C=O) groups is 1. The quantitative estimate of drug-likeness (QED) is 0.303. The summed E-state index contributed by atoms with van der Waals surface area (Å²) in [6, 6.07) is 31.4. The summed E-state index contributed by atoms with van der Waals surface area (Å²) < 4.78 is 11.7. The Kier molecular flexibility index (Phi) is 6.49. The SMILES string of the molecule is O=C1COc2ccc(-c3ccnc([NH2+]c4cccc(Oc5ccccc5)c4)c3)cc2N1Cc1ccncc1. The van der Waals surface area contributed by atoms with Crippen LogP contribution >= 0.6 is 0 Å². The number of fused-ring (bicyclic) bond motifs is 1. The molecule has 38 heavy (non-hydrogen) atoms. The van der Waals surface area contributed by atoms with E-state index in [1.54, 1.807) is 23.5 Å². The maximum Gasteiger partial charge on any atom is 0.265 e. The normalized spacial score (nSPS) is 12.5. The predicted molar refractivity (Wildman–Crippen MR) is 145 cm³/mol. The Balaban J connectivity index is 1.24. The number of rotatable bonds is 7. The average molecular weight is 502 g/mol. The molecule has 186 valence electrons. The lowest BCUT2D eigenvalue weighted by Crippen LogP contribution is -2.71. The predicted octanol–water partition coefficient (Wildman–Crippen LogP) is 5.39. The molecule has 0 saturated carbocycles. The van der Waals surface area contributed by atoms with Crippen LogP contribution in [0.4, 0.5) is 17.2 Å². The third kappa shape index (κ3) is 5.23. The van der Waals surface area contributed by atoms with Gasteiger partial charge < -0.3 is 14.4 Å². The second kappa shape index (κ2) is 10.5. The molecule has 3 heterocycles. The second-order valence-electron chi connectivity index (χ2n) is 8.91. The molecule has 0 atom stereocenters. The van der Waals surface area contributed by atoms with Gasteiger partial charge in [-0.3, -0.25) is 15.1 Å². The van der Waals surface area contributed by atoms with Gasteiger partial charge in [-0.05, 0) is 71.3 Å². The van der Waals surface area contributed by atoms with E-state index in [1.165, 1.54) is 0 Å². The number of amides is 1. The van der Waals surface area contributed by atoms with Crippen LogP contribution in [0.25, 0.3) is 11.1 Å². The molecule has 0 unspecified atom stereocenters. The van der Waals surface area contributed by atoms with E-state index in [4.69, 9.17) is 9.47 Å². The molecule has 1 aliphatic heterocycles. The van der Waals surface area contributed by atoms with Crippen molar-refractivity contribution in [2.45, 2.75) is 6.54 Å². The Morgan fingerprint density at radius 2 is 1.63 bits per heavy atom. The highest BCUT2D eigenvalue weighted by Gasteiger charge is 2.26. The lowest BCUT2D eigenvalue weighted by atomic mass is 10.0. The molecule has 0 saturated heterocycles. The van der Waals surface area contributed by atoms with Crippen molar-refractivity contribution in [3.63, 3.8) is 0 Å². The number of nitrogens with two attached hydrogens (primary N) is 1. The Morgan fingerprint density at radius 1 is 0.816 bits per heavy atom. The van der Waals surface area contributed by atoms with Crippen molar-refractivity contribution < 1.29 is 19.6 Å². The van der Waals surface area contributed by atoms with Crippen LogP contribution < -0.4 is 19.7 Å². The standard InChI is InChI=1S/C31H24N4O3/c36-31-21-37-29-10-9-23(17-28(29)35(31)20-22-11-14-32-15-12-22)24-13-16-33-30(18-24)34-25-5-4-8-27(19-25)38-26-6-2-1-3-7-26/h1-19H,20-21H2,(H,33,34)/p+1. The van der Waals surface area contributed by atoms with Gasteiger partial charge in [0.25, 0.3) is 5.91 Å². The van der Waals surface area contributed by atoms with Gasteiger partial charge in [0.2, 0.25) is 5.82 Å². The summed E-state index contributed by atoms with van der Waals surface area (Å²) in [5, 5.41) is 2.02. The minimum atomic E-state index is -0.0761. The Labute approximate surface area is 220 Å². The summed E-state index contributed by atoms with van der Waals surface area (Å²) in [4.78, 5) is 23.2. The molecule has 6 rings (SSSR count). The summed E-state index contributed by atoms with van der Waals surface area (Å²) in [6.07, 6.45) is 5.26. The van der Waals surface area contributed by atoms with Crippen LogP contribution in [-0.2, 0) is 11.3 Å². The molecular formula is C31H25N4O3+. The highest BCUT2D eigenvalue weighted by Crippen LogP contribution is 2.37. The Bertz CT molecular complexity index is 1580. The van der Waals surface area contributed by atoms with Crippen LogP contribution in [0.5, 0.6) is 17.2 Å². The van der Waals surface area contributed by atoms with Crippen LogP contribution in [0.15, 0.2) is 116 Å². The molecule has 2 N–H and O–H groups in total. The zero-order valence-electron chi connectivity index (χ0n) is 20.5. The maximum atomic E-state index is 12.8. The molecular weight excluding hydrogens is 476 g/mol. The first-order valence-corrected chi connectivity index (χ1v) is 12.3. The molecule has 7 heteroatoms. The van der Waals surface area contributed by atoms with E-state index >= 15 is 0 Å². The maximum absolute atomic E-state index is 12.8. The van der Waals surface area contributed by atoms with Crippen molar-refractivity contribution in [1.82, 2.24) is 9.97 Å². The summed E-state index contributed by atoms with van der Waals surface area (Å²) in [5.41, 5.74) is 4.71. The largest absolute Gasteiger partial charge is 0.482 e. The monoisotopic (exact) mass is 501 g/mol. The number of hydrogen-bond donors (Lipinski definition) is 1. The van der Waals surface area contributed by atoms with Crippen LogP contribution in [0.2, 0.25) is 0 Å². The second-order valence-corrected chi connectivity index (χ2v) is 8.91. The van der Waals surface area contributed by atoms with E-state index < -0.39 is 0 Å². The van der Waals surface area contributed by atoms with Crippen LogP contribution in [0.3, 0.4) is 0 Å². The van der Waals surface area contributed by atoms with E-state index in [1.807, 2.05) is 102 Å². The first-order valence-electron chi connectivity index (χ1n) is 12.3. The summed E-state index contributed by atoms with van der Waals surface area (Å²) in [6.45, 7) is 0.483. The van der Waals surface area contributed by atoms with Gasteiger partial charge >= 0.3 is 0 Å². The van der Waals surface area contributed by atoms with Crippen molar-refractivity contribution in [2.24, 2.45) is 0 Å². The highest BCUT2D eigenvalue weighted by atomic mass is 16.5. The molecule has 1 amide bonds. The zero-order valence-corrected chi connectivity index (χ0v) is 20.5. The first kappa shape index (κ1) is 23.4. The van der Waals surface area contributed by atoms with E-state index in [-0.39, 0.29) is 12.5 Å². The molecule has 0 bridgehead atoms. The van der Waals surface area contributed by atoms with Crippen molar-refractivity contribution in [3.8, 4) is 28.4 Å². The molecule has 2 aromatic heterocycles. The van der Waals surface area contributed by atoms with Gasteiger partial charge in [-0.1, -0.05) is 30.3 Å². The van der Waals surface area contributed by atoms with Gasteiger partial charge in [-0.2, -0.15) is 0 Å². The van der Waals surface area contributed by atoms with Gasteiger partial charge in [0.1, 0.15) is 22.9 Å². The number of carbonyl (C=O) groups excluding carboxylic acids is 1. The van der Waals surface area contributed by atoms with Gasteiger partial charge in [0, 0.05) is 30.7 Å². The molecule has 1 aliphatic rings. The van der Waals surface area contributed by atoms with Gasteiger partial charge in [-0.15, -0.1) is 0 Å². The van der Waals surface area contributed by atoms with Crippen molar-refractivity contribution in [3.05, 3.63) is 121 Å². The van der Waals surface area contributed by atoms with E-state index in [2.05, 4.69) is 9.97 Å². The summed E-state index contributed by atoms with van der Waals surface area (Å²) in [7, 11) is 0. The number of aromatic nitrogens is 2. The van der Waals surface area contributed by atoms with Crippen LogP contribution in [0, 0.1) is 0 Å². The lowest BCUT2D eigenvalue weighted by molar-refractivity contribution is -0.483. The van der Waals surface area contributed by atoms with E-state index in [0.717, 1.165) is 45.4 Å². The summed E-state index contributed by atoms with van der Waals surface area (Å²) >= 11 is 0. The Hall–Kier alpha value is -5.01. The first-order chi connectivity index (χ1) is 18.7. The molecule has 0 aliphatic carbocycles. The molecule has 0 fully saturated rings. The minimum Gasteiger partial charge on any atom is -0.482 e. The minimum absolute atomic E-state index is 0.0266. The van der Waals surface area contributed by atoms with E-state index in [0.29, 0.717) is 12.3 Å². The van der Waals surface area contributed by atoms with Crippen LogP contribution in [0.1, 0.15) is 5.56 Å². The van der Waals surface area contributed by atoms with E-state index in [9.17, 15) is 4.79 Å². The topological polar surface area (TPSA) is 81.2 Å². The molecule has 3 aromatic carbocycles. The zero-order chi connectivity index (χ0) is 25.7. The summed E-state index contributed by atoms with van der Waals surface area (Å²) in [5.74, 6) is 2.98. The number of benzene rings is 3. The fourth-order valence-corrected chi connectivity index (χ4v) is 4.40. The molecule has 0 spiro atoms. The third-order valence-corrected chi connectivity index (χ3v) is 6.26. The average Bonchev–Trinajstić information content (AvgIpc) is 2.96. The number of pyridine rings is 2.